The third-order valence-electron chi connectivity index (χ3n) is 3.40. The van der Waals surface area contributed by atoms with Crippen LogP contribution in [0.1, 0.15) is 18.4 Å². The highest BCUT2D eigenvalue weighted by molar-refractivity contribution is 5.33. The molecule has 1 aliphatic heterocycles. The van der Waals surface area contributed by atoms with Gasteiger partial charge in [-0.3, -0.25) is 0 Å². The maximum Gasteiger partial charge on any atom is 0.573 e. The van der Waals surface area contributed by atoms with Crippen molar-refractivity contribution < 1.29 is 17.9 Å². The van der Waals surface area contributed by atoms with Crippen LogP contribution < -0.4 is 10.1 Å². The number of benzene rings is 1. The molecule has 3 nitrogen and oxygen atoms in total. The fraction of sp³-hybridized carbons (Fsp3) is 0.571. The molecule has 1 aromatic carbocycles. The Morgan fingerprint density at radius 1 is 1.35 bits per heavy atom. The number of para-hydroxylation sites is 1. The SMILES string of the molecule is CN1CCCC(NCc2ccccc2OC(F)(F)F)C1. The zero-order chi connectivity index (χ0) is 14.6. The van der Waals surface area contributed by atoms with Crippen LogP contribution in [0.3, 0.4) is 0 Å². The number of ether oxygens (including phenoxy) is 1. The Bertz CT molecular complexity index is 437. The average molecular weight is 288 g/mol. The Kier molecular flexibility index (Phi) is 4.88. The molecule has 6 heteroatoms. The fourth-order valence-corrected chi connectivity index (χ4v) is 2.46. The van der Waals surface area contributed by atoms with Gasteiger partial charge in [0, 0.05) is 24.7 Å². The van der Waals surface area contributed by atoms with Crippen molar-refractivity contribution in [3.63, 3.8) is 0 Å². The van der Waals surface area contributed by atoms with Crippen molar-refractivity contribution in [1.29, 1.82) is 0 Å². The molecule has 2 rings (SSSR count). The smallest absolute Gasteiger partial charge is 0.405 e. The minimum absolute atomic E-state index is 0.128. The molecule has 1 aromatic rings. The number of nitrogens with zero attached hydrogens (tertiary/aromatic N) is 1. The molecule has 1 saturated heterocycles. The molecule has 0 spiro atoms. The number of hydrogen-bond donors (Lipinski definition) is 1. The summed E-state index contributed by atoms with van der Waals surface area (Å²) in [6.45, 7) is 2.37. The van der Waals surface area contributed by atoms with Crippen LogP contribution in [0.2, 0.25) is 0 Å². The maximum absolute atomic E-state index is 12.3. The topological polar surface area (TPSA) is 24.5 Å². The van der Waals surface area contributed by atoms with Crippen molar-refractivity contribution in [2.24, 2.45) is 0 Å². The second kappa shape index (κ2) is 6.45. The van der Waals surface area contributed by atoms with Crippen molar-refractivity contribution in [2.75, 3.05) is 20.1 Å². The lowest BCUT2D eigenvalue weighted by atomic mass is 10.1. The van der Waals surface area contributed by atoms with Crippen LogP contribution in [0.15, 0.2) is 24.3 Å². The molecular formula is C14H19F3N2O. The third kappa shape index (κ3) is 4.68. The van der Waals surface area contributed by atoms with E-state index in [9.17, 15) is 13.2 Å². The van der Waals surface area contributed by atoms with E-state index < -0.39 is 6.36 Å². The Labute approximate surface area is 116 Å². The molecule has 1 unspecified atom stereocenters. The fourth-order valence-electron chi connectivity index (χ4n) is 2.46. The monoisotopic (exact) mass is 288 g/mol. The molecular weight excluding hydrogens is 269 g/mol. The van der Waals surface area contributed by atoms with Gasteiger partial charge in [-0.05, 0) is 32.5 Å². The Morgan fingerprint density at radius 2 is 2.10 bits per heavy atom. The summed E-state index contributed by atoms with van der Waals surface area (Å²) in [5, 5.41) is 3.31. The van der Waals surface area contributed by atoms with Crippen LogP contribution in [0.25, 0.3) is 0 Å². The summed E-state index contributed by atoms with van der Waals surface area (Å²) in [6, 6.07) is 6.57. The van der Waals surface area contributed by atoms with E-state index in [2.05, 4.69) is 22.0 Å². The molecule has 0 bridgehead atoms. The van der Waals surface area contributed by atoms with Crippen molar-refractivity contribution in [3.8, 4) is 5.75 Å². The van der Waals surface area contributed by atoms with Gasteiger partial charge in [0.25, 0.3) is 0 Å². The second-order valence-electron chi connectivity index (χ2n) is 5.14. The highest BCUT2D eigenvalue weighted by Gasteiger charge is 2.32. The predicted molar refractivity (Wildman–Crippen MR) is 70.5 cm³/mol. The molecule has 1 atom stereocenters. The van der Waals surface area contributed by atoms with E-state index in [0.29, 0.717) is 18.2 Å². The summed E-state index contributed by atoms with van der Waals surface area (Å²) in [5.41, 5.74) is 0.526. The van der Waals surface area contributed by atoms with E-state index in [1.807, 2.05) is 0 Å². The molecule has 1 aliphatic rings. The zero-order valence-electron chi connectivity index (χ0n) is 11.4. The van der Waals surface area contributed by atoms with Crippen LogP contribution in [-0.2, 0) is 6.54 Å². The molecule has 1 heterocycles. The second-order valence-corrected chi connectivity index (χ2v) is 5.14. The van der Waals surface area contributed by atoms with Crippen molar-refractivity contribution in [2.45, 2.75) is 31.8 Å². The summed E-state index contributed by atoms with van der Waals surface area (Å²) < 4.78 is 41.0. The first kappa shape index (κ1) is 15.1. The van der Waals surface area contributed by atoms with Gasteiger partial charge >= 0.3 is 6.36 Å². The number of halogens is 3. The van der Waals surface area contributed by atoms with E-state index >= 15 is 0 Å². The predicted octanol–water partition coefficient (Wildman–Crippen LogP) is 2.77. The van der Waals surface area contributed by atoms with Crippen LogP contribution in [0, 0.1) is 0 Å². The Morgan fingerprint density at radius 3 is 2.80 bits per heavy atom. The maximum atomic E-state index is 12.3. The zero-order valence-corrected chi connectivity index (χ0v) is 11.4. The molecule has 0 radical (unpaired) electrons. The Balaban J connectivity index is 1.95. The van der Waals surface area contributed by atoms with E-state index in [1.165, 1.54) is 6.07 Å². The summed E-state index contributed by atoms with van der Waals surface area (Å²) in [6.07, 6.45) is -2.50. The van der Waals surface area contributed by atoms with Crippen LogP contribution in [0.5, 0.6) is 5.75 Å². The van der Waals surface area contributed by atoms with Gasteiger partial charge < -0.3 is 15.0 Å². The molecule has 20 heavy (non-hydrogen) atoms. The minimum Gasteiger partial charge on any atom is -0.405 e. The lowest BCUT2D eigenvalue weighted by molar-refractivity contribution is -0.274. The number of rotatable bonds is 4. The summed E-state index contributed by atoms with van der Waals surface area (Å²) in [7, 11) is 2.05. The quantitative estimate of drug-likeness (QED) is 0.922. The van der Waals surface area contributed by atoms with Gasteiger partial charge in [0.1, 0.15) is 5.75 Å². The molecule has 0 saturated carbocycles. The first-order chi connectivity index (χ1) is 9.44. The summed E-state index contributed by atoms with van der Waals surface area (Å²) in [5.74, 6) is -0.128. The average Bonchev–Trinajstić information content (AvgIpc) is 2.36. The van der Waals surface area contributed by atoms with Gasteiger partial charge in [0.05, 0.1) is 0 Å². The Hall–Kier alpha value is -1.27. The molecule has 1 N–H and O–H groups in total. The van der Waals surface area contributed by atoms with Gasteiger partial charge in [-0.2, -0.15) is 0 Å². The number of nitrogens with one attached hydrogen (secondary N) is 1. The van der Waals surface area contributed by atoms with Crippen LogP contribution in [-0.4, -0.2) is 37.4 Å². The van der Waals surface area contributed by atoms with Gasteiger partial charge in [-0.15, -0.1) is 13.2 Å². The number of piperidine rings is 1. The molecule has 0 amide bonds. The molecule has 0 aromatic heterocycles. The van der Waals surface area contributed by atoms with E-state index in [0.717, 1.165) is 25.9 Å². The van der Waals surface area contributed by atoms with E-state index in [1.54, 1.807) is 18.2 Å². The van der Waals surface area contributed by atoms with E-state index in [-0.39, 0.29) is 5.75 Å². The number of alkyl halides is 3. The lowest BCUT2D eigenvalue weighted by Gasteiger charge is -2.30. The van der Waals surface area contributed by atoms with E-state index in [4.69, 9.17) is 0 Å². The van der Waals surface area contributed by atoms with Crippen LogP contribution >= 0.6 is 0 Å². The summed E-state index contributed by atoms with van der Waals surface area (Å²) >= 11 is 0. The minimum atomic E-state index is -4.65. The molecule has 112 valence electrons. The first-order valence-electron chi connectivity index (χ1n) is 6.69. The third-order valence-corrected chi connectivity index (χ3v) is 3.40. The van der Waals surface area contributed by atoms with Gasteiger partial charge in [-0.25, -0.2) is 0 Å². The van der Waals surface area contributed by atoms with Gasteiger partial charge in [0.2, 0.25) is 0 Å². The number of likely N-dealkylation sites (N-methyl/N-ethyl adjacent to an activating group) is 1. The largest absolute Gasteiger partial charge is 0.573 e. The highest BCUT2D eigenvalue weighted by atomic mass is 19.4. The van der Waals surface area contributed by atoms with Crippen molar-refractivity contribution in [3.05, 3.63) is 29.8 Å². The van der Waals surface area contributed by atoms with Gasteiger partial charge in [0.15, 0.2) is 0 Å². The lowest BCUT2D eigenvalue weighted by Crippen LogP contribution is -2.43. The number of hydrogen-bond acceptors (Lipinski definition) is 3. The van der Waals surface area contributed by atoms with Crippen molar-refractivity contribution >= 4 is 0 Å². The van der Waals surface area contributed by atoms with Crippen molar-refractivity contribution in [1.82, 2.24) is 10.2 Å². The van der Waals surface area contributed by atoms with Gasteiger partial charge in [-0.1, -0.05) is 18.2 Å². The molecule has 1 fully saturated rings. The number of likely N-dealkylation sites (tertiary alicyclic amines) is 1. The standard InChI is InChI=1S/C14H19F3N2O/c1-19-8-4-6-12(10-19)18-9-11-5-2-3-7-13(11)20-14(15,16)17/h2-3,5,7,12,18H,4,6,8-10H2,1H3. The normalized spacial score (nSPS) is 20.9. The van der Waals surface area contributed by atoms with Crippen LogP contribution in [0.4, 0.5) is 13.2 Å². The molecule has 0 aliphatic carbocycles. The summed E-state index contributed by atoms with van der Waals surface area (Å²) in [4.78, 5) is 2.22. The first-order valence-corrected chi connectivity index (χ1v) is 6.69. The highest BCUT2D eigenvalue weighted by Crippen LogP contribution is 2.26.